The van der Waals surface area contributed by atoms with E-state index < -0.39 is 0 Å². The highest BCUT2D eigenvalue weighted by molar-refractivity contribution is 7.99. The second-order valence-corrected chi connectivity index (χ2v) is 6.80. The number of thioether (sulfide) groups is 1. The molecule has 0 bridgehead atoms. The normalized spacial score (nSPS) is 18.5. The molecule has 4 heteroatoms. The molecule has 116 valence electrons. The lowest BCUT2D eigenvalue weighted by molar-refractivity contribution is -0.118. The van der Waals surface area contributed by atoms with Crippen LogP contribution in [0.5, 0.6) is 0 Å². The van der Waals surface area contributed by atoms with Gasteiger partial charge in [0.1, 0.15) is 0 Å². The first-order valence-corrected chi connectivity index (χ1v) is 9.02. The Bertz CT molecular complexity index is 441. The molecule has 1 amide bonds. The van der Waals surface area contributed by atoms with Crippen LogP contribution < -0.4 is 10.2 Å². The summed E-state index contributed by atoms with van der Waals surface area (Å²) < 4.78 is 0. The molecule has 1 N–H and O–H groups in total. The molecule has 1 aliphatic rings. The monoisotopic (exact) mass is 306 g/mol. The average Bonchev–Trinajstić information content (AvgIpc) is 2.53. The summed E-state index contributed by atoms with van der Waals surface area (Å²) in [6.07, 6.45) is 4.14. The molecule has 1 heterocycles. The van der Waals surface area contributed by atoms with E-state index in [4.69, 9.17) is 0 Å². The third kappa shape index (κ3) is 5.04. The topological polar surface area (TPSA) is 32.3 Å². The number of anilines is 1. The fourth-order valence-electron chi connectivity index (χ4n) is 2.51. The Labute approximate surface area is 132 Å². The second kappa shape index (κ2) is 8.44. The Kier molecular flexibility index (Phi) is 6.58. The summed E-state index contributed by atoms with van der Waals surface area (Å²) in [5.74, 6) is 2.38. The Morgan fingerprint density at radius 3 is 2.76 bits per heavy atom. The van der Waals surface area contributed by atoms with E-state index in [9.17, 15) is 4.79 Å². The lowest BCUT2D eigenvalue weighted by Gasteiger charge is -2.25. The van der Waals surface area contributed by atoms with Gasteiger partial charge in [-0.1, -0.05) is 25.5 Å². The molecule has 0 saturated carbocycles. The molecule has 21 heavy (non-hydrogen) atoms. The molecule has 1 fully saturated rings. The van der Waals surface area contributed by atoms with Crippen molar-refractivity contribution in [2.75, 3.05) is 30.0 Å². The lowest BCUT2D eigenvalue weighted by atomic mass is 10.1. The third-order valence-electron chi connectivity index (χ3n) is 3.94. The molecule has 1 aromatic carbocycles. The highest BCUT2D eigenvalue weighted by Gasteiger charge is 2.19. The minimum atomic E-state index is 0.191. The molecule has 3 nitrogen and oxygen atoms in total. The van der Waals surface area contributed by atoms with Crippen molar-refractivity contribution in [2.45, 2.75) is 38.6 Å². The largest absolute Gasteiger partial charge is 0.315 e. The molecule has 1 atom stereocenters. The maximum absolute atomic E-state index is 12.3. The van der Waals surface area contributed by atoms with Gasteiger partial charge in [0, 0.05) is 43.2 Å². The van der Waals surface area contributed by atoms with Gasteiger partial charge in [-0.05, 0) is 30.5 Å². The van der Waals surface area contributed by atoms with Crippen LogP contribution in [-0.4, -0.2) is 37.0 Å². The molecule has 0 spiro atoms. The number of amides is 1. The van der Waals surface area contributed by atoms with Gasteiger partial charge in [-0.2, -0.15) is 11.8 Å². The van der Waals surface area contributed by atoms with Crippen LogP contribution in [0.4, 0.5) is 5.69 Å². The van der Waals surface area contributed by atoms with E-state index in [1.54, 1.807) is 4.90 Å². The van der Waals surface area contributed by atoms with Crippen LogP contribution in [0.25, 0.3) is 0 Å². The van der Waals surface area contributed by atoms with Crippen LogP contribution in [0.2, 0.25) is 0 Å². The van der Waals surface area contributed by atoms with E-state index in [1.807, 2.05) is 18.8 Å². The molecule has 1 saturated heterocycles. The number of rotatable bonds is 6. The van der Waals surface area contributed by atoms with Crippen molar-refractivity contribution in [3.63, 3.8) is 0 Å². The van der Waals surface area contributed by atoms with E-state index in [0.29, 0.717) is 12.5 Å². The smallest absolute Gasteiger partial charge is 0.228 e. The van der Waals surface area contributed by atoms with Crippen LogP contribution >= 0.6 is 11.8 Å². The lowest BCUT2D eigenvalue weighted by Crippen LogP contribution is -2.41. The van der Waals surface area contributed by atoms with Crippen molar-refractivity contribution in [1.29, 1.82) is 0 Å². The minimum absolute atomic E-state index is 0.191. The maximum atomic E-state index is 12.3. The zero-order chi connectivity index (χ0) is 15.1. The Morgan fingerprint density at radius 2 is 2.14 bits per heavy atom. The molecule has 2 rings (SSSR count). The van der Waals surface area contributed by atoms with E-state index in [2.05, 4.69) is 36.5 Å². The van der Waals surface area contributed by atoms with Crippen molar-refractivity contribution < 1.29 is 4.79 Å². The van der Waals surface area contributed by atoms with Gasteiger partial charge >= 0.3 is 0 Å². The quantitative estimate of drug-likeness (QED) is 0.876. The van der Waals surface area contributed by atoms with Gasteiger partial charge in [0.15, 0.2) is 0 Å². The van der Waals surface area contributed by atoms with E-state index in [1.165, 1.54) is 18.4 Å². The summed E-state index contributed by atoms with van der Waals surface area (Å²) in [7, 11) is 1.87. The number of aryl methyl sites for hydroxylation is 1. The molecular formula is C17H26N2OS. The fraction of sp³-hybridized carbons (Fsp3) is 0.588. The van der Waals surface area contributed by atoms with Gasteiger partial charge in [0.25, 0.3) is 0 Å². The first-order valence-electron chi connectivity index (χ1n) is 7.87. The second-order valence-electron chi connectivity index (χ2n) is 5.65. The molecule has 0 aliphatic carbocycles. The van der Waals surface area contributed by atoms with E-state index in [-0.39, 0.29) is 5.91 Å². The molecule has 1 unspecified atom stereocenters. The zero-order valence-corrected chi connectivity index (χ0v) is 13.9. The number of carbonyl (C=O) groups excluding carboxylic acids is 1. The van der Waals surface area contributed by atoms with Gasteiger partial charge in [0.2, 0.25) is 5.91 Å². The minimum Gasteiger partial charge on any atom is -0.315 e. The summed E-state index contributed by atoms with van der Waals surface area (Å²) in [5, 5.41) is 3.42. The number of unbranched alkanes of at least 4 members (excludes halogenated alkanes) is 1. The van der Waals surface area contributed by atoms with Crippen molar-refractivity contribution in [3.8, 4) is 0 Å². The molecule has 1 aliphatic heterocycles. The summed E-state index contributed by atoms with van der Waals surface area (Å²) in [6.45, 7) is 3.22. The van der Waals surface area contributed by atoms with E-state index >= 15 is 0 Å². The van der Waals surface area contributed by atoms with Gasteiger partial charge in [-0.25, -0.2) is 0 Å². The van der Waals surface area contributed by atoms with Crippen molar-refractivity contribution in [2.24, 2.45) is 0 Å². The molecule has 1 aromatic rings. The van der Waals surface area contributed by atoms with Gasteiger partial charge in [-0.15, -0.1) is 0 Å². The molecule has 0 radical (unpaired) electrons. The average molecular weight is 306 g/mol. The van der Waals surface area contributed by atoms with Crippen LogP contribution in [0.1, 0.15) is 31.7 Å². The molecular weight excluding hydrogens is 280 g/mol. The predicted octanol–water partition coefficient (Wildman–Crippen LogP) is 3.09. The third-order valence-corrected chi connectivity index (χ3v) is 5.07. The number of carbonyl (C=O) groups is 1. The number of hydrogen-bond donors (Lipinski definition) is 1. The van der Waals surface area contributed by atoms with Crippen LogP contribution in [0.3, 0.4) is 0 Å². The number of hydrogen-bond acceptors (Lipinski definition) is 3. The molecule has 0 aromatic heterocycles. The highest BCUT2D eigenvalue weighted by Crippen LogP contribution is 2.18. The Morgan fingerprint density at radius 1 is 1.38 bits per heavy atom. The van der Waals surface area contributed by atoms with Gasteiger partial charge < -0.3 is 10.2 Å². The maximum Gasteiger partial charge on any atom is 0.228 e. The number of benzene rings is 1. The fourth-order valence-corrected chi connectivity index (χ4v) is 3.46. The summed E-state index contributed by atoms with van der Waals surface area (Å²) >= 11 is 1.93. The first-order chi connectivity index (χ1) is 10.2. The summed E-state index contributed by atoms with van der Waals surface area (Å²) in [5.41, 5.74) is 2.34. The van der Waals surface area contributed by atoms with Crippen molar-refractivity contribution in [3.05, 3.63) is 29.8 Å². The SMILES string of the molecule is CCCCc1ccc(N(C)C(=O)CC2CSCCN2)cc1. The highest BCUT2D eigenvalue weighted by atomic mass is 32.2. The van der Waals surface area contributed by atoms with Gasteiger partial charge in [-0.3, -0.25) is 4.79 Å². The Hall–Kier alpha value is -1.00. The van der Waals surface area contributed by atoms with Gasteiger partial charge in [0.05, 0.1) is 0 Å². The number of nitrogens with one attached hydrogen (secondary N) is 1. The van der Waals surface area contributed by atoms with Crippen molar-refractivity contribution >= 4 is 23.4 Å². The summed E-state index contributed by atoms with van der Waals surface area (Å²) in [4.78, 5) is 14.1. The number of nitrogens with zero attached hydrogens (tertiary/aromatic N) is 1. The van der Waals surface area contributed by atoms with Crippen LogP contribution in [-0.2, 0) is 11.2 Å². The standard InChI is InChI=1S/C17H26N2OS/c1-3-4-5-14-6-8-16(9-7-14)19(2)17(20)12-15-13-21-11-10-18-15/h6-9,15,18H,3-5,10-13H2,1-2H3. The van der Waals surface area contributed by atoms with Crippen LogP contribution in [0.15, 0.2) is 24.3 Å². The van der Waals surface area contributed by atoms with Crippen molar-refractivity contribution in [1.82, 2.24) is 5.32 Å². The Balaban J connectivity index is 1.88. The first kappa shape index (κ1) is 16.4. The van der Waals surface area contributed by atoms with Crippen LogP contribution in [0, 0.1) is 0 Å². The zero-order valence-electron chi connectivity index (χ0n) is 13.1. The summed E-state index contributed by atoms with van der Waals surface area (Å²) in [6, 6.07) is 8.73. The van der Waals surface area contributed by atoms with E-state index in [0.717, 1.165) is 30.2 Å². The predicted molar refractivity (Wildman–Crippen MR) is 92.2 cm³/mol.